The molecule has 1 fully saturated rings. The quantitative estimate of drug-likeness (QED) is 0.744. The third-order valence-corrected chi connectivity index (χ3v) is 6.75. The molecule has 1 aliphatic heterocycles. The Hall–Kier alpha value is -2.25. The summed E-state index contributed by atoms with van der Waals surface area (Å²) in [6.45, 7) is 5.10. The zero-order chi connectivity index (χ0) is 20.3. The van der Waals surface area contributed by atoms with Gasteiger partial charge in [0.05, 0.1) is 11.4 Å². The lowest BCUT2D eigenvalue weighted by molar-refractivity contribution is 0.101. The molecular formula is C21H25FN2O3S. The molecule has 0 aromatic heterocycles. The number of anilines is 1. The highest BCUT2D eigenvalue weighted by Crippen LogP contribution is 2.27. The van der Waals surface area contributed by atoms with Crippen molar-refractivity contribution < 1.29 is 17.6 Å². The summed E-state index contributed by atoms with van der Waals surface area (Å²) < 4.78 is 40.5. The van der Waals surface area contributed by atoms with Crippen molar-refractivity contribution in [3.8, 4) is 0 Å². The van der Waals surface area contributed by atoms with E-state index in [1.165, 1.54) is 28.6 Å². The normalized spacial score (nSPS) is 20.7. The summed E-state index contributed by atoms with van der Waals surface area (Å²) in [6.07, 6.45) is 1.01. The summed E-state index contributed by atoms with van der Waals surface area (Å²) in [5, 5.41) is 2.93. The standard InChI is InChI=1S/C21H25FN2O3S/c1-15-10-16(2)14-24(13-15)28(26,27)20-5-3-4-17(11-20)21(25)12-23-19-8-6-18(22)7-9-19/h3-9,11,15-16,23H,10,12-14H2,1-2H3. The SMILES string of the molecule is CC1CC(C)CN(S(=O)(=O)c2cccc(C(=O)CNc3ccc(F)cc3)c2)C1. The predicted molar refractivity (Wildman–Crippen MR) is 107 cm³/mol. The van der Waals surface area contributed by atoms with Crippen molar-refractivity contribution in [2.45, 2.75) is 25.2 Å². The van der Waals surface area contributed by atoms with Gasteiger partial charge < -0.3 is 5.32 Å². The van der Waals surface area contributed by atoms with Crippen molar-refractivity contribution in [2.75, 3.05) is 25.0 Å². The van der Waals surface area contributed by atoms with E-state index >= 15 is 0 Å². The first-order valence-corrected chi connectivity index (χ1v) is 10.8. The molecule has 1 heterocycles. The highest BCUT2D eigenvalue weighted by Gasteiger charge is 2.31. The fourth-order valence-corrected chi connectivity index (χ4v) is 5.36. The molecule has 2 atom stereocenters. The molecule has 2 unspecified atom stereocenters. The smallest absolute Gasteiger partial charge is 0.243 e. The van der Waals surface area contributed by atoms with Crippen LogP contribution in [0.5, 0.6) is 0 Å². The molecule has 0 radical (unpaired) electrons. The summed E-state index contributed by atoms with van der Waals surface area (Å²) in [7, 11) is -3.64. The van der Waals surface area contributed by atoms with Crippen LogP contribution in [0, 0.1) is 17.7 Å². The van der Waals surface area contributed by atoms with Crippen molar-refractivity contribution in [3.63, 3.8) is 0 Å². The third kappa shape index (κ3) is 4.77. The number of carbonyl (C=O) groups excluding carboxylic acids is 1. The maximum absolute atomic E-state index is 13.0. The number of nitrogens with zero attached hydrogens (tertiary/aromatic N) is 1. The maximum atomic E-state index is 13.0. The summed E-state index contributed by atoms with van der Waals surface area (Å²) >= 11 is 0. The molecule has 1 N–H and O–H groups in total. The molecule has 3 rings (SSSR count). The minimum Gasteiger partial charge on any atom is -0.378 e. The van der Waals surface area contributed by atoms with Gasteiger partial charge >= 0.3 is 0 Å². The Morgan fingerprint density at radius 2 is 1.75 bits per heavy atom. The Bertz CT molecular complexity index is 934. The fraction of sp³-hybridized carbons (Fsp3) is 0.381. The van der Waals surface area contributed by atoms with E-state index < -0.39 is 10.0 Å². The Morgan fingerprint density at radius 3 is 2.39 bits per heavy atom. The van der Waals surface area contributed by atoms with Crippen LogP contribution in [0.25, 0.3) is 0 Å². The van der Waals surface area contributed by atoms with Crippen molar-refractivity contribution in [1.82, 2.24) is 4.31 Å². The first kappa shape index (κ1) is 20.5. The van der Waals surface area contributed by atoms with Crippen molar-refractivity contribution in [3.05, 3.63) is 59.9 Å². The number of hydrogen-bond acceptors (Lipinski definition) is 4. The van der Waals surface area contributed by atoms with Crippen LogP contribution in [0.1, 0.15) is 30.6 Å². The Labute approximate surface area is 165 Å². The molecule has 150 valence electrons. The molecule has 2 aromatic rings. The lowest BCUT2D eigenvalue weighted by Crippen LogP contribution is -2.42. The van der Waals surface area contributed by atoms with E-state index in [9.17, 15) is 17.6 Å². The molecule has 0 aliphatic carbocycles. The predicted octanol–water partition coefficient (Wildman–Crippen LogP) is 3.79. The summed E-state index contributed by atoms with van der Waals surface area (Å²) in [5.41, 5.74) is 0.948. The molecule has 0 amide bonds. The molecule has 2 aromatic carbocycles. The Morgan fingerprint density at radius 1 is 1.11 bits per heavy atom. The molecule has 0 bridgehead atoms. The van der Waals surface area contributed by atoms with Gasteiger partial charge in [0, 0.05) is 24.3 Å². The Balaban J connectivity index is 1.73. The topological polar surface area (TPSA) is 66.5 Å². The van der Waals surface area contributed by atoms with E-state index in [0.717, 1.165) is 6.42 Å². The summed E-state index contributed by atoms with van der Waals surface area (Å²) in [6, 6.07) is 11.9. The maximum Gasteiger partial charge on any atom is 0.243 e. The molecule has 1 aliphatic rings. The van der Waals surface area contributed by atoms with Crippen molar-refractivity contribution in [2.24, 2.45) is 11.8 Å². The van der Waals surface area contributed by atoms with Gasteiger partial charge in [0.2, 0.25) is 10.0 Å². The molecule has 0 spiro atoms. The van der Waals surface area contributed by atoms with E-state index in [0.29, 0.717) is 36.2 Å². The number of Topliss-reactive ketones (excluding diaryl/α,β-unsaturated/α-hetero) is 1. The van der Waals surface area contributed by atoms with Crippen LogP contribution in [-0.4, -0.2) is 38.1 Å². The van der Waals surface area contributed by atoms with Gasteiger partial charge in [-0.1, -0.05) is 26.0 Å². The minimum atomic E-state index is -3.64. The molecule has 5 nitrogen and oxygen atoms in total. The van der Waals surface area contributed by atoms with E-state index in [2.05, 4.69) is 19.2 Å². The van der Waals surface area contributed by atoms with E-state index in [1.807, 2.05) is 0 Å². The van der Waals surface area contributed by atoms with Gasteiger partial charge in [-0.05, 0) is 54.7 Å². The highest BCUT2D eigenvalue weighted by molar-refractivity contribution is 7.89. The van der Waals surface area contributed by atoms with Gasteiger partial charge in [0.15, 0.2) is 5.78 Å². The summed E-state index contributed by atoms with van der Waals surface area (Å²) in [4.78, 5) is 12.6. The lowest BCUT2D eigenvalue weighted by atomic mass is 9.94. The van der Waals surface area contributed by atoms with Gasteiger partial charge in [-0.2, -0.15) is 4.31 Å². The monoisotopic (exact) mass is 404 g/mol. The average Bonchev–Trinajstić information content (AvgIpc) is 2.66. The molecule has 1 saturated heterocycles. The Kier molecular flexibility index (Phi) is 6.15. The molecule has 0 saturated carbocycles. The number of rotatable bonds is 6. The molecule has 7 heteroatoms. The minimum absolute atomic E-state index is 0.00703. The van der Waals surface area contributed by atoms with Gasteiger partial charge in [-0.25, -0.2) is 12.8 Å². The van der Waals surface area contributed by atoms with Crippen LogP contribution in [0.2, 0.25) is 0 Å². The average molecular weight is 405 g/mol. The van der Waals surface area contributed by atoms with Crippen LogP contribution in [0.3, 0.4) is 0 Å². The van der Waals surface area contributed by atoms with E-state index in [1.54, 1.807) is 24.3 Å². The zero-order valence-electron chi connectivity index (χ0n) is 16.1. The summed E-state index contributed by atoms with van der Waals surface area (Å²) in [5.74, 6) is 0.0318. The number of sulfonamides is 1. The lowest BCUT2D eigenvalue weighted by Gasteiger charge is -2.34. The van der Waals surface area contributed by atoms with Crippen LogP contribution in [0.4, 0.5) is 10.1 Å². The number of piperidine rings is 1. The van der Waals surface area contributed by atoms with Crippen molar-refractivity contribution >= 4 is 21.5 Å². The van der Waals surface area contributed by atoms with Crippen LogP contribution >= 0.6 is 0 Å². The number of carbonyl (C=O) groups is 1. The zero-order valence-corrected chi connectivity index (χ0v) is 16.9. The molecule has 28 heavy (non-hydrogen) atoms. The molecular weight excluding hydrogens is 379 g/mol. The van der Waals surface area contributed by atoms with Crippen LogP contribution < -0.4 is 5.32 Å². The van der Waals surface area contributed by atoms with Gasteiger partial charge in [0.25, 0.3) is 0 Å². The second kappa shape index (κ2) is 8.41. The number of halogens is 1. The fourth-order valence-electron chi connectivity index (χ4n) is 3.63. The van der Waals surface area contributed by atoms with E-state index in [4.69, 9.17) is 0 Å². The number of ketones is 1. The third-order valence-electron chi connectivity index (χ3n) is 4.93. The number of nitrogens with one attached hydrogen (secondary N) is 1. The van der Waals surface area contributed by atoms with Gasteiger partial charge in [-0.15, -0.1) is 0 Å². The van der Waals surface area contributed by atoms with Crippen molar-refractivity contribution in [1.29, 1.82) is 0 Å². The van der Waals surface area contributed by atoms with Crippen LogP contribution in [-0.2, 0) is 10.0 Å². The largest absolute Gasteiger partial charge is 0.378 e. The van der Waals surface area contributed by atoms with Gasteiger partial charge in [0.1, 0.15) is 5.82 Å². The number of benzene rings is 2. The van der Waals surface area contributed by atoms with Gasteiger partial charge in [-0.3, -0.25) is 4.79 Å². The number of hydrogen-bond donors (Lipinski definition) is 1. The first-order valence-electron chi connectivity index (χ1n) is 9.38. The first-order chi connectivity index (χ1) is 13.3. The second-order valence-corrected chi connectivity index (χ2v) is 9.52. The van der Waals surface area contributed by atoms with E-state index in [-0.39, 0.29) is 23.0 Å². The second-order valence-electron chi connectivity index (χ2n) is 7.58. The highest BCUT2D eigenvalue weighted by atomic mass is 32.2. The van der Waals surface area contributed by atoms with Crippen LogP contribution in [0.15, 0.2) is 53.4 Å².